The van der Waals surface area contributed by atoms with Crippen LogP contribution < -0.4 is 0 Å². The first kappa shape index (κ1) is 15.5. The molecule has 0 bridgehead atoms. The minimum Gasteiger partial charge on any atom is -0.386 e. The second-order valence-electron chi connectivity index (χ2n) is 4.84. The molecule has 102 valence electrons. The molecule has 0 saturated carbocycles. The predicted molar refractivity (Wildman–Crippen MR) is 78.0 cm³/mol. The van der Waals surface area contributed by atoms with E-state index in [1.165, 1.54) is 0 Å². The fraction of sp³-hybridized carbons (Fsp3) is 0.600. The Bertz CT molecular complexity index is 379. The van der Waals surface area contributed by atoms with Crippen LogP contribution in [0.1, 0.15) is 45.8 Å². The van der Waals surface area contributed by atoms with Gasteiger partial charge in [-0.15, -0.1) is 0 Å². The summed E-state index contributed by atoms with van der Waals surface area (Å²) in [6, 6.07) is 7.51. The van der Waals surface area contributed by atoms with E-state index in [2.05, 4.69) is 32.6 Å². The van der Waals surface area contributed by atoms with Crippen LogP contribution in [0.5, 0.6) is 0 Å². The first-order valence-electron chi connectivity index (χ1n) is 6.68. The number of halogens is 1. The van der Waals surface area contributed by atoms with E-state index < -0.39 is 6.10 Å². The summed E-state index contributed by atoms with van der Waals surface area (Å²) in [7, 11) is 0. The van der Waals surface area contributed by atoms with Crippen molar-refractivity contribution in [3.63, 3.8) is 0 Å². The van der Waals surface area contributed by atoms with Gasteiger partial charge in [-0.05, 0) is 44.1 Å². The first-order chi connectivity index (χ1) is 8.49. The Balaban J connectivity index is 3.07. The van der Waals surface area contributed by atoms with Crippen molar-refractivity contribution in [3.8, 4) is 0 Å². The first-order valence-corrected chi connectivity index (χ1v) is 7.05. The Hall–Kier alpha value is -0.570. The molecular weight excluding hydrogens is 246 g/mol. The summed E-state index contributed by atoms with van der Waals surface area (Å²) in [4.78, 5) is 2.30. The summed E-state index contributed by atoms with van der Waals surface area (Å²) in [6.07, 6.45) is 0.364. The molecule has 0 aromatic heterocycles. The number of nitrogens with zero attached hydrogens (tertiary/aromatic N) is 1. The molecule has 3 heteroatoms. The normalized spacial score (nSPS) is 16.6. The zero-order valence-electron chi connectivity index (χ0n) is 11.8. The van der Waals surface area contributed by atoms with Gasteiger partial charge in [0.2, 0.25) is 0 Å². The Labute approximate surface area is 116 Å². The Morgan fingerprint density at radius 2 is 1.89 bits per heavy atom. The van der Waals surface area contributed by atoms with Crippen LogP contribution in [-0.2, 0) is 0 Å². The van der Waals surface area contributed by atoms with Crippen molar-refractivity contribution < 1.29 is 5.11 Å². The third-order valence-electron chi connectivity index (χ3n) is 3.96. The van der Waals surface area contributed by atoms with Crippen molar-refractivity contribution in [1.82, 2.24) is 4.90 Å². The molecule has 2 atom stereocenters. The quantitative estimate of drug-likeness (QED) is 0.847. The molecule has 2 unspecified atom stereocenters. The Kier molecular flexibility index (Phi) is 5.64. The second-order valence-corrected chi connectivity index (χ2v) is 5.28. The molecular formula is C15H24ClNO. The van der Waals surface area contributed by atoms with Crippen LogP contribution in [0.25, 0.3) is 0 Å². The predicted octanol–water partition coefficient (Wildman–Crippen LogP) is 3.88. The van der Waals surface area contributed by atoms with Gasteiger partial charge >= 0.3 is 0 Å². The maximum atomic E-state index is 10.7. The van der Waals surface area contributed by atoms with Gasteiger partial charge in [0.05, 0.1) is 6.10 Å². The Morgan fingerprint density at radius 1 is 1.28 bits per heavy atom. The van der Waals surface area contributed by atoms with Gasteiger partial charge in [0.15, 0.2) is 0 Å². The maximum Gasteiger partial charge on any atom is 0.0971 e. The van der Waals surface area contributed by atoms with Gasteiger partial charge in [-0.2, -0.15) is 0 Å². The molecule has 18 heavy (non-hydrogen) atoms. The van der Waals surface area contributed by atoms with Crippen molar-refractivity contribution in [2.75, 3.05) is 13.1 Å². The summed E-state index contributed by atoms with van der Waals surface area (Å²) in [6.45, 7) is 10.3. The number of aliphatic hydroxyl groups is 1. The van der Waals surface area contributed by atoms with Gasteiger partial charge in [-0.3, -0.25) is 4.90 Å². The van der Waals surface area contributed by atoms with Crippen molar-refractivity contribution >= 4 is 11.6 Å². The molecule has 0 aliphatic rings. The van der Waals surface area contributed by atoms with Crippen molar-refractivity contribution in [1.29, 1.82) is 0 Å². The Morgan fingerprint density at radius 3 is 2.33 bits per heavy atom. The van der Waals surface area contributed by atoms with Crippen LogP contribution in [0, 0.1) is 0 Å². The molecule has 0 heterocycles. The van der Waals surface area contributed by atoms with Gasteiger partial charge in [-0.25, -0.2) is 0 Å². The highest BCUT2D eigenvalue weighted by Gasteiger charge is 2.36. The highest BCUT2D eigenvalue weighted by molar-refractivity contribution is 6.30. The van der Waals surface area contributed by atoms with Gasteiger partial charge in [0.25, 0.3) is 0 Å². The van der Waals surface area contributed by atoms with Crippen LogP contribution in [0.15, 0.2) is 24.3 Å². The minimum atomic E-state index is -0.527. The van der Waals surface area contributed by atoms with E-state index in [9.17, 15) is 5.11 Å². The average molecular weight is 270 g/mol. The van der Waals surface area contributed by atoms with Crippen molar-refractivity contribution in [2.24, 2.45) is 0 Å². The maximum absolute atomic E-state index is 10.7. The minimum absolute atomic E-state index is 0.256. The van der Waals surface area contributed by atoms with Gasteiger partial charge < -0.3 is 5.11 Å². The van der Waals surface area contributed by atoms with E-state index in [1.807, 2.05) is 24.3 Å². The largest absolute Gasteiger partial charge is 0.386 e. The molecule has 1 N–H and O–H groups in total. The van der Waals surface area contributed by atoms with Gasteiger partial charge in [0.1, 0.15) is 0 Å². The summed E-state index contributed by atoms with van der Waals surface area (Å²) >= 11 is 6.00. The van der Waals surface area contributed by atoms with E-state index in [1.54, 1.807) is 0 Å². The molecule has 1 aromatic rings. The van der Waals surface area contributed by atoms with Crippen molar-refractivity contribution in [3.05, 3.63) is 34.9 Å². The number of hydrogen-bond donors (Lipinski definition) is 1. The summed E-state index contributed by atoms with van der Waals surface area (Å²) in [5, 5.41) is 11.4. The van der Waals surface area contributed by atoms with Crippen LogP contribution >= 0.6 is 11.6 Å². The number of likely N-dealkylation sites (N-methyl/N-ethyl adjacent to an activating group) is 1. The lowest BCUT2D eigenvalue weighted by atomic mass is 9.85. The lowest BCUT2D eigenvalue weighted by Gasteiger charge is -2.43. The molecule has 0 radical (unpaired) electrons. The molecule has 0 spiro atoms. The van der Waals surface area contributed by atoms with Crippen molar-refractivity contribution in [2.45, 2.75) is 45.8 Å². The number of rotatable bonds is 6. The average Bonchev–Trinajstić information content (AvgIpc) is 2.38. The van der Waals surface area contributed by atoms with Gasteiger partial charge in [-0.1, -0.05) is 44.5 Å². The van der Waals surface area contributed by atoms with Crippen LogP contribution in [0.3, 0.4) is 0 Å². The number of benzene rings is 1. The van der Waals surface area contributed by atoms with E-state index in [0.717, 1.165) is 25.1 Å². The molecule has 0 fully saturated rings. The molecule has 0 aliphatic heterocycles. The van der Waals surface area contributed by atoms with Gasteiger partial charge in [0, 0.05) is 10.6 Å². The third kappa shape index (κ3) is 3.05. The highest BCUT2D eigenvalue weighted by Crippen LogP contribution is 2.34. The third-order valence-corrected chi connectivity index (χ3v) is 4.19. The summed E-state index contributed by atoms with van der Waals surface area (Å²) in [5.74, 6) is 0. The standard InChI is InChI=1S/C15H24ClNO/c1-5-15(4,17(6-2)7-3)14(18)12-9-8-10-13(16)11-12/h8-11,14,18H,5-7H2,1-4H3. The molecule has 0 amide bonds. The number of hydrogen-bond acceptors (Lipinski definition) is 2. The molecule has 1 rings (SSSR count). The smallest absolute Gasteiger partial charge is 0.0971 e. The lowest BCUT2D eigenvalue weighted by Crippen LogP contribution is -2.50. The molecule has 0 saturated heterocycles. The molecule has 2 nitrogen and oxygen atoms in total. The summed E-state index contributed by atoms with van der Waals surface area (Å²) in [5.41, 5.74) is 0.632. The fourth-order valence-electron chi connectivity index (χ4n) is 2.57. The van der Waals surface area contributed by atoms with E-state index in [4.69, 9.17) is 11.6 Å². The van der Waals surface area contributed by atoms with Crippen LogP contribution in [0.4, 0.5) is 0 Å². The zero-order valence-corrected chi connectivity index (χ0v) is 12.5. The van der Waals surface area contributed by atoms with Crippen LogP contribution in [-0.4, -0.2) is 28.6 Å². The highest BCUT2D eigenvalue weighted by atomic mass is 35.5. The number of aliphatic hydroxyl groups excluding tert-OH is 1. The monoisotopic (exact) mass is 269 g/mol. The molecule has 0 aliphatic carbocycles. The lowest BCUT2D eigenvalue weighted by molar-refractivity contribution is -0.0213. The summed E-state index contributed by atoms with van der Waals surface area (Å²) < 4.78 is 0. The molecule has 1 aromatic carbocycles. The topological polar surface area (TPSA) is 23.5 Å². The van der Waals surface area contributed by atoms with E-state index in [-0.39, 0.29) is 5.54 Å². The second kappa shape index (κ2) is 6.55. The van der Waals surface area contributed by atoms with E-state index >= 15 is 0 Å². The van der Waals surface area contributed by atoms with Crippen LogP contribution in [0.2, 0.25) is 5.02 Å². The SMILES string of the molecule is CCN(CC)C(C)(CC)C(O)c1cccc(Cl)c1. The fourth-order valence-corrected chi connectivity index (χ4v) is 2.77. The zero-order chi connectivity index (χ0) is 13.8. The van der Waals surface area contributed by atoms with E-state index in [0.29, 0.717) is 5.02 Å².